The van der Waals surface area contributed by atoms with Crippen molar-refractivity contribution in [1.29, 1.82) is 0 Å². The van der Waals surface area contributed by atoms with Gasteiger partial charge in [0.2, 0.25) is 0 Å². The van der Waals surface area contributed by atoms with E-state index in [0.29, 0.717) is 10.6 Å². The fraction of sp³-hybridized carbons (Fsp3) is 0.222. The second-order valence-corrected chi connectivity index (χ2v) is 3.98. The molecule has 1 N–H and O–H groups in total. The quantitative estimate of drug-likeness (QED) is 0.485. The summed E-state index contributed by atoms with van der Waals surface area (Å²) in [7, 11) is 0. The van der Waals surface area contributed by atoms with E-state index in [9.17, 15) is 14.9 Å². The van der Waals surface area contributed by atoms with Crippen LogP contribution in [0.15, 0.2) is 23.1 Å². The molecule has 0 aliphatic heterocycles. The summed E-state index contributed by atoms with van der Waals surface area (Å²) in [5, 5.41) is 19.4. The number of nitro groups is 1. The van der Waals surface area contributed by atoms with Crippen molar-refractivity contribution in [3.8, 4) is 0 Å². The zero-order valence-electron chi connectivity index (χ0n) is 7.97. The minimum atomic E-state index is -1.16. The van der Waals surface area contributed by atoms with Crippen LogP contribution in [0.4, 0.5) is 5.69 Å². The third kappa shape index (κ3) is 2.69. The van der Waals surface area contributed by atoms with Crippen molar-refractivity contribution in [3.05, 3.63) is 33.9 Å². The van der Waals surface area contributed by atoms with Crippen LogP contribution in [0, 0.1) is 10.1 Å². The molecule has 0 aliphatic carbocycles. The minimum absolute atomic E-state index is 0.0675. The highest BCUT2D eigenvalue weighted by Gasteiger charge is 2.16. The lowest BCUT2D eigenvalue weighted by atomic mass is 10.2. The molecule has 0 radical (unpaired) electrons. The highest BCUT2D eigenvalue weighted by Crippen LogP contribution is 2.29. The molecule has 1 rings (SSSR count). The van der Waals surface area contributed by atoms with E-state index in [2.05, 4.69) is 0 Å². The molecule has 0 saturated heterocycles. The monoisotopic (exact) mass is 227 g/mol. The summed E-state index contributed by atoms with van der Waals surface area (Å²) in [6.45, 7) is 1.87. The van der Waals surface area contributed by atoms with Crippen molar-refractivity contribution in [2.75, 3.05) is 5.75 Å². The third-order valence-corrected chi connectivity index (χ3v) is 2.65. The molecule has 0 unspecified atom stereocenters. The summed E-state index contributed by atoms with van der Waals surface area (Å²) in [4.78, 5) is 21.2. The number of hydrogen-bond acceptors (Lipinski definition) is 4. The molecular formula is C9H9NO4S. The first-order chi connectivity index (χ1) is 7.06. The summed E-state index contributed by atoms with van der Waals surface area (Å²) in [6.07, 6.45) is 0. The molecule has 1 aromatic carbocycles. The van der Waals surface area contributed by atoms with Crippen LogP contribution in [-0.2, 0) is 0 Å². The first-order valence-electron chi connectivity index (χ1n) is 4.20. The van der Waals surface area contributed by atoms with E-state index < -0.39 is 10.9 Å². The maximum atomic E-state index is 10.7. The van der Waals surface area contributed by atoms with Crippen molar-refractivity contribution in [2.24, 2.45) is 0 Å². The first-order valence-corrected chi connectivity index (χ1v) is 5.19. The predicted molar refractivity (Wildman–Crippen MR) is 56.5 cm³/mol. The number of carboxylic acid groups (broad SMARTS) is 1. The molecule has 0 spiro atoms. The van der Waals surface area contributed by atoms with Gasteiger partial charge in [-0.3, -0.25) is 10.1 Å². The van der Waals surface area contributed by atoms with Crippen molar-refractivity contribution in [3.63, 3.8) is 0 Å². The number of hydrogen-bond donors (Lipinski definition) is 1. The average Bonchev–Trinajstić information content (AvgIpc) is 2.18. The van der Waals surface area contributed by atoms with Crippen LogP contribution in [0.5, 0.6) is 0 Å². The van der Waals surface area contributed by atoms with E-state index >= 15 is 0 Å². The minimum Gasteiger partial charge on any atom is -0.478 e. The van der Waals surface area contributed by atoms with E-state index in [1.807, 2.05) is 6.92 Å². The highest BCUT2D eigenvalue weighted by atomic mass is 32.2. The van der Waals surface area contributed by atoms with Crippen LogP contribution in [-0.4, -0.2) is 21.8 Å². The number of nitrogens with zero attached hydrogens (tertiary/aromatic N) is 1. The van der Waals surface area contributed by atoms with Gasteiger partial charge >= 0.3 is 5.97 Å². The molecule has 80 valence electrons. The SMILES string of the molecule is CCSc1ccc(C(=O)O)cc1[N+](=O)[O-]. The molecule has 0 amide bonds. The Morgan fingerprint density at radius 1 is 1.60 bits per heavy atom. The molecule has 15 heavy (non-hydrogen) atoms. The van der Waals surface area contributed by atoms with Crippen LogP contribution >= 0.6 is 11.8 Å². The van der Waals surface area contributed by atoms with E-state index in [4.69, 9.17) is 5.11 Å². The van der Waals surface area contributed by atoms with Gasteiger partial charge in [0.15, 0.2) is 0 Å². The van der Waals surface area contributed by atoms with Crippen molar-refractivity contribution in [1.82, 2.24) is 0 Å². The van der Waals surface area contributed by atoms with Gasteiger partial charge in [0, 0.05) is 6.07 Å². The van der Waals surface area contributed by atoms with Crippen LogP contribution in [0.25, 0.3) is 0 Å². The topological polar surface area (TPSA) is 80.4 Å². The second kappa shape index (κ2) is 4.79. The fourth-order valence-corrected chi connectivity index (χ4v) is 1.83. The Bertz CT molecular complexity index is 405. The summed E-state index contributed by atoms with van der Waals surface area (Å²) in [5.41, 5.74) is -0.219. The third-order valence-electron chi connectivity index (χ3n) is 1.70. The maximum Gasteiger partial charge on any atom is 0.335 e. The second-order valence-electron chi connectivity index (χ2n) is 2.68. The molecule has 0 aliphatic rings. The summed E-state index contributed by atoms with van der Waals surface area (Å²) in [6, 6.07) is 3.92. The van der Waals surface area contributed by atoms with Crippen molar-refractivity contribution < 1.29 is 14.8 Å². The number of aromatic carboxylic acids is 1. The maximum absolute atomic E-state index is 10.7. The van der Waals surface area contributed by atoms with E-state index in [0.717, 1.165) is 6.07 Å². The number of rotatable bonds is 4. The van der Waals surface area contributed by atoms with E-state index in [1.54, 1.807) is 0 Å². The molecule has 0 aromatic heterocycles. The van der Waals surface area contributed by atoms with Gasteiger partial charge in [-0.15, -0.1) is 11.8 Å². The molecule has 1 aromatic rings. The van der Waals surface area contributed by atoms with Crippen LogP contribution < -0.4 is 0 Å². The zero-order valence-corrected chi connectivity index (χ0v) is 8.78. The van der Waals surface area contributed by atoms with Gasteiger partial charge in [-0.25, -0.2) is 4.79 Å². The van der Waals surface area contributed by atoms with Crippen LogP contribution in [0.1, 0.15) is 17.3 Å². The zero-order chi connectivity index (χ0) is 11.4. The predicted octanol–water partition coefficient (Wildman–Crippen LogP) is 2.41. The summed E-state index contributed by atoms with van der Waals surface area (Å²) < 4.78 is 0. The number of carbonyl (C=O) groups is 1. The molecule has 6 heteroatoms. The molecule has 0 bridgehead atoms. The van der Waals surface area contributed by atoms with Gasteiger partial charge in [0.25, 0.3) is 5.69 Å². The molecule has 0 fully saturated rings. The lowest BCUT2D eigenvalue weighted by molar-refractivity contribution is -0.387. The Morgan fingerprint density at radius 2 is 2.27 bits per heavy atom. The molecule has 0 atom stereocenters. The van der Waals surface area contributed by atoms with Crippen LogP contribution in [0.2, 0.25) is 0 Å². The Labute approximate surface area is 90.3 Å². The number of carboxylic acids is 1. The highest BCUT2D eigenvalue weighted by molar-refractivity contribution is 7.99. The lowest BCUT2D eigenvalue weighted by Gasteiger charge is -2.01. The van der Waals surface area contributed by atoms with Gasteiger partial charge in [0.1, 0.15) is 0 Å². The average molecular weight is 227 g/mol. The van der Waals surface area contributed by atoms with E-state index in [-0.39, 0.29) is 11.3 Å². The first kappa shape index (κ1) is 11.5. The Balaban J connectivity index is 3.20. The van der Waals surface area contributed by atoms with Gasteiger partial charge in [-0.1, -0.05) is 6.92 Å². The standard InChI is InChI=1S/C9H9NO4S/c1-2-15-8-4-3-6(9(11)12)5-7(8)10(13)14/h3-5H,2H2,1H3,(H,11,12). The Morgan fingerprint density at radius 3 is 2.73 bits per heavy atom. The lowest BCUT2D eigenvalue weighted by Crippen LogP contribution is -1.99. The molecular weight excluding hydrogens is 218 g/mol. The normalized spacial score (nSPS) is 9.93. The number of nitro benzene ring substituents is 1. The Hall–Kier alpha value is -1.56. The van der Waals surface area contributed by atoms with Gasteiger partial charge in [-0.05, 0) is 17.9 Å². The fourth-order valence-electron chi connectivity index (χ4n) is 1.07. The van der Waals surface area contributed by atoms with Gasteiger partial charge < -0.3 is 5.11 Å². The van der Waals surface area contributed by atoms with Gasteiger partial charge in [0.05, 0.1) is 15.4 Å². The summed E-state index contributed by atoms with van der Waals surface area (Å²) >= 11 is 1.32. The smallest absolute Gasteiger partial charge is 0.335 e. The van der Waals surface area contributed by atoms with Crippen molar-refractivity contribution in [2.45, 2.75) is 11.8 Å². The van der Waals surface area contributed by atoms with Gasteiger partial charge in [-0.2, -0.15) is 0 Å². The molecule has 5 nitrogen and oxygen atoms in total. The number of thioether (sulfide) groups is 1. The molecule has 0 saturated carbocycles. The summed E-state index contributed by atoms with van der Waals surface area (Å²) in [5.74, 6) is -0.459. The number of benzene rings is 1. The Kier molecular flexibility index (Phi) is 3.68. The largest absolute Gasteiger partial charge is 0.478 e. The molecule has 0 heterocycles. The van der Waals surface area contributed by atoms with E-state index in [1.165, 1.54) is 23.9 Å². The van der Waals surface area contributed by atoms with Crippen molar-refractivity contribution >= 4 is 23.4 Å². The van der Waals surface area contributed by atoms with Crippen LogP contribution in [0.3, 0.4) is 0 Å².